The highest BCUT2D eigenvalue weighted by molar-refractivity contribution is 9.11. The summed E-state index contributed by atoms with van der Waals surface area (Å²) >= 11 is 6.28. The summed E-state index contributed by atoms with van der Waals surface area (Å²) in [5.41, 5.74) is 0.809. The highest BCUT2D eigenvalue weighted by Gasteiger charge is 2.30. The fraction of sp³-hybridized carbons (Fsp3) is 0.167. The van der Waals surface area contributed by atoms with Crippen LogP contribution >= 0.6 is 31.9 Å². The molecular formula is C18H14Br2F3N3O4. The van der Waals surface area contributed by atoms with Gasteiger partial charge >= 0.3 is 12.3 Å². The number of aromatic hydroxyl groups is 1. The topological polar surface area (TPSA) is 104 Å². The van der Waals surface area contributed by atoms with Gasteiger partial charge in [0.25, 0.3) is 5.90 Å². The lowest BCUT2D eigenvalue weighted by molar-refractivity contribution is -0.274. The van der Waals surface area contributed by atoms with Crippen molar-refractivity contribution in [2.24, 2.45) is 4.99 Å². The van der Waals surface area contributed by atoms with Crippen LogP contribution in [0.2, 0.25) is 0 Å². The highest BCUT2D eigenvalue weighted by Crippen LogP contribution is 2.33. The summed E-state index contributed by atoms with van der Waals surface area (Å²) in [6.07, 6.45) is -4.79. The first-order chi connectivity index (χ1) is 14.0. The first-order valence-corrected chi connectivity index (χ1v) is 9.61. The molecule has 0 heterocycles. The minimum absolute atomic E-state index is 0.0167. The molecule has 0 aliphatic rings. The molecule has 0 saturated carbocycles. The van der Waals surface area contributed by atoms with Gasteiger partial charge in [0, 0.05) is 12.1 Å². The van der Waals surface area contributed by atoms with Gasteiger partial charge in [0.1, 0.15) is 11.5 Å². The molecule has 1 amide bonds. The summed E-state index contributed by atoms with van der Waals surface area (Å²) in [7, 11) is 1.21. The molecular weight excluding hydrogens is 539 g/mol. The molecule has 0 unspecified atom stereocenters. The highest BCUT2D eigenvalue weighted by atomic mass is 79.9. The van der Waals surface area contributed by atoms with E-state index < -0.39 is 18.2 Å². The van der Waals surface area contributed by atoms with Crippen LogP contribution in [0.5, 0.6) is 11.5 Å². The van der Waals surface area contributed by atoms with Gasteiger partial charge in [-0.05, 0) is 61.7 Å². The van der Waals surface area contributed by atoms with E-state index in [9.17, 15) is 23.1 Å². The maximum absolute atomic E-state index is 12.3. The summed E-state index contributed by atoms with van der Waals surface area (Å²) in [5, 5.41) is 20.3. The SMILES string of the molecule is COC(=NC(=N)c1cc(Br)c(O)c(Br)c1)C(=O)NCc1ccc(OC(F)(F)F)cc1. The molecule has 0 bridgehead atoms. The molecule has 0 fully saturated rings. The van der Waals surface area contributed by atoms with Crippen molar-refractivity contribution in [3.8, 4) is 11.5 Å². The predicted molar refractivity (Wildman–Crippen MR) is 110 cm³/mol. The van der Waals surface area contributed by atoms with Gasteiger partial charge in [-0.2, -0.15) is 4.99 Å². The third-order valence-corrected chi connectivity index (χ3v) is 4.71. The fourth-order valence-electron chi connectivity index (χ4n) is 2.12. The minimum atomic E-state index is -4.79. The number of nitrogens with zero attached hydrogens (tertiary/aromatic N) is 1. The number of nitrogens with one attached hydrogen (secondary N) is 2. The number of amides is 1. The van der Waals surface area contributed by atoms with Crippen molar-refractivity contribution in [3.05, 3.63) is 56.5 Å². The second-order valence-corrected chi connectivity index (χ2v) is 7.34. The van der Waals surface area contributed by atoms with Gasteiger partial charge in [-0.3, -0.25) is 10.2 Å². The number of hydrogen-bond acceptors (Lipinski definition) is 5. The van der Waals surface area contributed by atoms with Crippen LogP contribution in [0.1, 0.15) is 11.1 Å². The quantitative estimate of drug-likeness (QED) is 0.383. The second kappa shape index (κ2) is 9.94. The Morgan fingerprint density at radius 1 is 1.20 bits per heavy atom. The van der Waals surface area contributed by atoms with E-state index in [1.54, 1.807) is 0 Å². The molecule has 2 aromatic carbocycles. The second-order valence-electron chi connectivity index (χ2n) is 5.63. The number of amidine groups is 1. The average Bonchev–Trinajstić information content (AvgIpc) is 2.67. The van der Waals surface area contributed by atoms with Crippen molar-refractivity contribution in [3.63, 3.8) is 0 Å². The zero-order chi connectivity index (χ0) is 22.5. The Labute approximate surface area is 185 Å². The smallest absolute Gasteiger partial charge is 0.506 e. The lowest BCUT2D eigenvalue weighted by atomic mass is 10.2. The van der Waals surface area contributed by atoms with E-state index in [-0.39, 0.29) is 23.9 Å². The number of methoxy groups -OCH3 is 1. The van der Waals surface area contributed by atoms with E-state index in [1.165, 1.54) is 31.4 Å². The van der Waals surface area contributed by atoms with Gasteiger partial charge in [-0.1, -0.05) is 12.1 Å². The summed E-state index contributed by atoms with van der Waals surface area (Å²) in [6.45, 7) is -0.0167. The third-order valence-electron chi connectivity index (χ3n) is 3.50. The van der Waals surface area contributed by atoms with Crippen LogP contribution in [0, 0.1) is 5.41 Å². The predicted octanol–water partition coefficient (Wildman–Crippen LogP) is 4.50. The van der Waals surface area contributed by atoms with Crippen molar-refractivity contribution in [1.82, 2.24) is 5.32 Å². The van der Waals surface area contributed by atoms with Gasteiger partial charge in [-0.15, -0.1) is 13.2 Å². The normalized spacial score (nSPS) is 11.7. The minimum Gasteiger partial charge on any atom is -0.506 e. The van der Waals surface area contributed by atoms with E-state index in [0.717, 1.165) is 12.1 Å². The number of aliphatic imine (C=N–C) groups is 1. The average molecular weight is 553 g/mol. The Morgan fingerprint density at radius 3 is 2.27 bits per heavy atom. The summed E-state index contributed by atoms with van der Waals surface area (Å²) in [5.74, 6) is -1.84. The Hall–Kier alpha value is -2.60. The van der Waals surface area contributed by atoms with Crippen molar-refractivity contribution < 1.29 is 32.5 Å². The molecule has 7 nitrogen and oxygen atoms in total. The van der Waals surface area contributed by atoms with Gasteiger partial charge in [-0.25, -0.2) is 0 Å². The molecule has 30 heavy (non-hydrogen) atoms. The molecule has 0 aromatic heterocycles. The Morgan fingerprint density at radius 2 is 1.77 bits per heavy atom. The zero-order valence-corrected chi connectivity index (χ0v) is 18.4. The first kappa shape index (κ1) is 23.7. The molecule has 0 spiro atoms. The van der Waals surface area contributed by atoms with E-state index in [0.29, 0.717) is 20.1 Å². The fourth-order valence-corrected chi connectivity index (χ4v) is 3.31. The van der Waals surface area contributed by atoms with E-state index >= 15 is 0 Å². The third kappa shape index (κ3) is 6.73. The number of alkyl halides is 3. The van der Waals surface area contributed by atoms with E-state index in [2.05, 4.69) is 46.9 Å². The number of rotatable bonds is 4. The molecule has 0 aliphatic heterocycles. The molecule has 160 valence electrons. The number of carbonyl (C=O) groups excluding carboxylic acids is 1. The zero-order valence-electron chi connectivity index (χ0n) is 15.2. The number of halogens is 5. The maximum atomic E-state index is 12.3. The van der Waals surface area contributed by atoms with Crippen LogP contribution in [-0.4, -0.2) is 36.2 Å². The number of phenolic OH excluding ortho intramolecular Hbond substituents is 1. The number of ether oxygens (including phenoxy) is 2. The van der Waals surface area contributed by atoms with Gasteiger partial charge in [0.2, 0.25) is 0 Å². The maximum Gasteiger partial charge on any atom is 0.573 e. The van der Waals surface area contributed by atoms with Crippen LogP contribution in [0.4, 0.5) is 13.2 Å². The lowest BCUT2D eigenvalue weighted by Gasteiger charge is -2.10. The van der Waals surface area contributed by atoms with Crippen LogP contribution in [-0.2, 0) is 16.1 Å². The monoisotopic (exact) mass is 551 g/mol. The van der Waals surface area contributed by atoms with Crippen molar-refractivity contribution in [2.45, 2.75) is 12.9 Å². The summed E-state index contributed by atoms with van der Waals surface area (Å²) in [6, 6.07) is 7.85. The van der Waals surface area contributed by atoms with Gasteiger partial charge < -0.3 is 19.9 Å². The van der Waals surface area contributed by atoms with Crippen LogP contribution in [0.25, 0.3) is 0 Å². The molecule has 0 atom stereocenters. The Kier molecular flexibility index (Phi) is 7.84. The van der Waals surface area contributed by atoms with Crippen molar-refractivity contribution in [1.29, 1.82) is 5.41 Å². The molecule has 3 N–H and O–H groups in total. The Bertz CT molecular complexity index is 957. The Balaban J connectivity index is 2.04. The molecule has 12 heteroatoms. The molecule has 0 aliphatic carbocycles. The molecule has 2 aromatic rings. The van der Waals surface area contributed by atoms with Crippen LogP contribution in [0.3, 0.4) is 0 Å². The molecule has 2 rings (SSSR count). The number of benzene rings is 2. The first-order valence-electron chi connectivity index (χ1n) is 8.02. The number of phenols is 1. The summed E-state index contributed by atoms with van der Waals surface area (Å²) in [4.78, 5) is 16.1. The van der Waals surface area contributed by atoms with Gasteiger partial charge in [0.05, 0.1) is 16.1 Å². The number of carbonyl (C=O) groups is 1. The van der Waals surface area contributed by atoms with Gasteiger partial charge in [0.15, 0.2) is 5.84 Å². The number of hydrogen-bond donors (Lipinski definition) is 3. The van der Waals surface area contributed by atoms with Crippen LogP contribution in [0.15, 0.2) is 50.3 Å². The lowest BCUT2D eigenvalue weighted by Crippen LogP contribution is -2.32. The van der Waals surface area contributed by atoms with Crippen molar-refractivity contribution in [2.75, 3.05) is 7.11 Å². The van der Waals surface area contributed by atoms with E-state index in [1.807, 2.05) is 0 Å². The molecule has 0 saturated heterocycles. The summed E-state index contributed by atoms with van der Waals surface area (Å²) < 4.78 is 45.9. The van der Waals surface area contributed by atoms with E-state index in [4.69, 9.17) is 10.1 Å². The molecule has 0 radical (unpaired) electrons. The largest absolute Gasteiger partial charge is 0.573 e. The van der Waals surface area contributed by atoms with Crippen molar-refractivity contribution >= 4 is 49.5 Å². The standard InChI is InChI=1S/C18H14Br2F3N3O4/c1-29-17(26-15(24)10-6-12(19)14(27)13(20)7-10)16(28)25-8-9-2-4-11(5-3-9)30-18(21,22)23/h2-7,24,27H,8H2,1H3,(H,25,28). The van der Waals surface area contributed by atoms with Crippen LogP contribution < -0.4 is 10.1 Å².